The second-order valence-electron chi connectivity index (χ2n) is 3.13. The predicted molar refractivity (Wildman–Crippen MR) is 44.6 cm³/mol. The largest absolute Gasteiger partial charge is 0.380 e. The van der Waals surface area contributed by atoms with Crippen molar-refractivity contribution in [3.63, 3.8) is 0 Å². The minimum Gasteiger partial charge on any atom is -0.380 e. The molecule has 0 aromatic carbocycles. The van der Waals surface area contributed by atoms with E-state index < -0.39 is 0 Å². The zero-order chi connectivity index (χ0) is 7.56. The number of nitrogens with zero attached hydrogens (tertiary/aromatic N) is 1. The number of likely N-dealkylation sites (N-methyl/N-ethyl adjacent to an activating group) is 1. The Morgan fingerprint density at radius 1 is 1.55 bits per heavy atom. The van der Waals surface area contributed by atoms with Gasteiger partial charge in [-0.3, -0.25) is 4.70 Å². The van der Waals surface area contributed by atoms with Crippen molar-refractivity contribution in [3.05, 3.63) is 0 Å². The topological polar surface area (TPSA) is 12.5 Å². The lowest BCUT2D eigenvalue weighted by Crippen LogP contribution is -2.35. The van der Waals surface area contributed by atoms with E-state index in [1.165, 1.54) is 19.4 Å². The summed E-state index contributed by atoms with van der Waals surface area (Å²) in [5, 5.41) is 0. The second-order valence-corrected chi connectivity index (χ2v) is 3.13. The first-order chi connectivity index (χ1) is 4.75. The van der Waals surface area contributed by atoms with Gasteiger partial charge in [-0.05, 0) is 33.4 Å². The molecule has 1 aliphatic rings. The van der Waals surface area contributed by atoms with Crippen molar-refractivity contribution >= 4 is 0 Å². The second kappa shape index (κ2) is 4.67. The number of ether oxygens (including phenoxy) is 1. The van der Waals surface area contributed by atoms with Gasteiger partial charge in [0.05, 0.1) is 6.10 Å². The summed E-state index contributed by atoms with van der Waals surface area (Å²) in [7, 11) is 3.96. The average Bonchev–Trinajstić information content (AvgIpc) is 2.34. The first-order valence-electron chi connectivity index (χ1n) is 3.98. The fraction of sp³-hybridized carbons (Fsp3) is 1.00. The molecular formula is C8H18FNO. The van der Waals surface area contributed by atoms with Gasteiger partial charge in [-0.25, -0.2) is 0 Å². The van der Waals surface area contributed by atoms with Crippen LogP contribution < -0.4 is 0 Å². The fourth-order valence-corrected chi connectivity index (χ4v) is 1.69. The van der Waals surface area contributed by atoms with Crippen molar-refractivity contribution in [1.82, 2.24) is 4.90 Å². The molecule has 1 aliphatic heterocycles. The number of likely N-dealkylation sites (tertiary alicyclic amines) is 1. The van der Waals surface area contributed by atoms with Crippen molar-refractivity contribution < 1.29 is 9.44 Å². The summed E-state index contributed by atoms with van der Waals surface area (Å²) < 4.78 is 5.26. The van der Waals surface area contributed by atoms with Gasteiger partial charge in [0, 0.05) is 13.2 Å². The Bertz CT molecular complexity index is 110. The Kier molecular flexibility index (Phi) is 4.61. The summed E-state index contributed by atoms with van der Waals surface area (Å²) in [5.74, 6) is 0. The zero-order valence-electron chi connectivity index (χ0n) is 7.54. The van der Waals surface area contributed by atoms with Crippen LogP contribution in [0.1, 0.15) is 19.8 Å². The van der Waals surface area contributed by atoms with Gasteiger partial charge < -0.3 is 9.64 Å². The molecule has 0 N–H and O–H groups in total. The van der Waals surface area contributed by atoms with Crippen LogP contribution in [0.3, 0.4) is 0 Å². The summed E-state index contributed by atoms with van der Waals surface area (Å²) in [5.41, 5.74) is 0. The van der Waals surface area contributed by atoms with E-state index in [9.17, 15) is 0 Å². The zero-order valence-corrected chi connectivity index (χ0v) is 7.54. The van der Waals surface area contributed by atoms with Gasteiger partial charge >= 0.3 is 0 Å². The van der Waals surface area contributed by atoms with Gasteiger partial charge in [0.2, 0.25) is 0 Å². The number of hydrogen-bond acceptors (Lipinski definition) is 2. The van der Waals surface area contributed by atoms with E-state index in [4.69, 9.17) is 4.74 Å². The molecule has 1 saturated heterocycles. The van der Waals surface area contributed by atoms with Crippen molar-refractivity contribution in [1.29, 1.82) is 0 Å². The molecule has 11 heavy (non-hydrogen) atoms. The highest BCUT2D eigenvalue weighted by molar-refractivity contribution is 4.80. The van der Waals surface area contributed by atoms with E-state index in [1.807, 2.05) is 0 Å². The molecule has 1 rings (SSSR count). The minimum atomic E-state index is 0. The first-order valence-corrected chi connectivity index (χ1v) is 3.98. The maximum absolute atomic E-state index is 5.26. The predicted octanol–water partition coefficient (Wildman–Crippen LogP) is 1.27. The summed E-state index contributed by atoms with van der Waals surface area (Å²) in [6.45, 7) is 3.38. The van der Waals surface area contributed by atoms with E-state index in [0.29, 0.717) is 12.1 Å². The molecule has 0 aliphatic carbocycles. The van der Waals surface area contributed by atoms with Crippen LogP contribution in [0.4, 0.5) is 4.70 Å². The van der Waals surface area contributed by atoms with Crippen LogP contribution in [-0.2, 0) is 4.74 Å². The van der Waals surface area contributed by atoms with Crippen LogP contribution >= 0.6 is 0 Å². The smallest absolute Gasteiger partial charge is 0.0698 e. The van der Waals surface area contributed by atoms with E-state index in [0.717, 1.165) is 0 Å². The van der Waals surface area contributed by atoms with Crippen molar-refractivity contribution in [2.24, 2.45) is 0 Å². The molecule has 3 heteroatoms. The Balaban J connectivity index is 0.000001000. The van der Waals surface area contributed by atoms with Gasteiger partial charge in [-0.2, -0.15) is 0 Å². The van der Waals surface area contributed by atoms with Gasteiger partial charge in [0.15, 0.2) is 0 Å². The number of rotatable bonds is 2. The molecule has 0 aromatic heterocycles. The van der Waals surface area contributed by atoms with E-state index in [-0.39, 0.29) is 4.70 Å². The lowest BCUT2D eigenvalue weighted by molar-refractivity contribution is 0.0531. The van der Waals surface area contributed by atoms with E-state index in [2.05, 4.69) is 18.9 Å². The van der Waals surface area contributed by atoms with Crippen LogP contribution in [0.15, 0.2) is 0 Å². The Morgan fingerprint density at radius 3 is 2.55 bits per heavy atom. The third kappa shape index (κ3) is 2.42. The van der Waals surface area contributed by atoms with Gasteiger partial charge in [0.1, 0.15) is 0 Å². The van der Waals surface area contributed by atoms with Crippen LogP contribution in [0.5, 0.6) is 0 Å². The molecule has 0 amide bonds. The lowest BCUT2D eigenvalue weighted by atomic mass is 10.1. The van der Waals surface area contributed by atoms with Gasteiger partial charge in [0.25, 0.3) is 0 Å². The van der Waals surface area contributed by atoms with Crippen LogP contribution in [0, 0.1) is 0 Å². The molecule has 2 nitrogen and oxygen atoms in total. The lowest BCUT2D eigenvalue weighted by Gasteiger charge is -2.24. The number of halogens is 1. The summed E-state index contributed by atoms with van der Waals surface area (Å²) in [4.78, 5) is 2.38. The normalized spacial score (nSPS) is 28.1. The van der Waals surface area contributed by atoms with Gasteiger partial charge in [-0.1, -0.05) is 0 Å². The standard InChI is InChI=1S/C8H17NO.FH/c1-7(10-3)8-5-4-6-9(8)2;/h7-8H,4-6H2,1-3H3;1H/t7?,8-;/m0./s1. The number of methoxy groups -OCH3 is 1. The highest BCUT2D eigenvalue weighted by Crippen LogP contribution is 2.18. The highest BCUT2D eigenvalue weighted by atomic mass is 19.0. The molecule has 0 aromatic rings. The van der Waals surface area contributed by atoms with E-state index >= 15 is 0 Å². The number of hydrogen-bond donors (Lipinski definition) is 0. The third-order valence-corrected chi connectivity index (χ3v) is 2.49. The molecule has 0 spiro atoms. The maximum Gasteiger partial charge on any atom is 0.0698 e. The molecule has 1 fully saturated rings. The molecular weight excluding hydrogens is 145 g/mol. The molecule has 0 saturated carbocycles. The van der Waals surface area contributed by atoms with Crippen molar-refractivity contribution in [2.45, 2.75) is 31.9 Å². The molecule has 0 bridgehead atoms. The SMILES string of the molecule is COC(C)[C@@H]1CCCN1C.F. The summed E-state index contributed by atoms with van der Waals surface area (Å²) >= 11 is 0. The van der Waals surface area contributed by atoms with Crippen LogP contribution in [-0.4, -0.2) is 37.7 Å². The quantitative estimate of drug-likeness (QED) is 0.608. The first kappa shape index (κ1) is 10.8. The van der Waals surface area contributed by atoms with Gasteiger partial charge in [-0.15, -0.1) is 0 Å². The molecule has 68 valence electrons. The maximum atomic E-state index is 5.26. The molecule has 1 heterocycles. The third-order valence-electron chi connectivity index (χ3n) is 2.49. The molecule has 2 atom stereocenters. The van der Waals surface area contributed by atoms with E-state index in [1.54, 1.807) is 7.11 Å². The minimum absolute atomic E-state index is 0. The monoisotopic (exact) mass is 163 g/mol. The highest BCUT2D eigenvalue weighted by Gasteiger charge is 2.25. The Hall–Kier alpha value is -0.150. The van der Waals surface area contributed by atoms with Crippen LogP contribution in [0.25, 0.3) is 0 Å². The Morgan fingerprint density at radius 2 is 2.18 bits per heavy atom. The van der Waals surface area contributed by atoms with Crippen molar-refractivity contribution in [2.75, 3.05) is 20.7 Å². The molecule has 1 unspecified atom stereocenters. The summed E-state index contributed by atoms with van der Waals surface area (Å²) in [6, 6.07) is 0.657. The Labute approximate surface area is 67.9 Å². The fourth-order valence-electron chi connectivity index (χ4n) is 1.69. The summed E-state index contributed by atoms with van der Waals surface area (Å²) in [6.07, 6.45) is 3.02. The average molecular weight is 163 g/mol. The van der Waals surface area contributed by atoms with Crippen molar-refractivity contribution in [3.8, 4) is 0 Å². The van der Waals surface area contributed by atoms with Crippen LogP contribution in [0.2, 0.25) is 0 Å². The molecule has 0 radical (unpaired) electrons.